The molecule has 0 bridgehead atoms. The van der Waals surface area contributed by atoms with Gasteiger partial charge in [-0.05, 0) is 28.7 Å². The van der Waals surface area contributed by atoms with Gasteiger partial charge in [-0.15, -0.1) is 0 Å². The van der Waals surface area contributed by atoms with Gasteiger partial charge in [-0.1, -0.05) is 133 Å². The number of hydrogen-bond acceptors (Lipinski definition) is 5. The van der Waals surface area contributed by atoms with E-state index in [1.165, 1.54) is 0 Å². The largest absolute Gasteiger partial charge is 0.461 e. The van der Waals surface area contributed by atoms with Crippen LogP contribution >= 0.6 is 11.6 Å². The second-order valence-corrected chi connectivity index (χ2v) is 9.76. The zero-order valence-corrected chi connectivity index (χ0v) is 22.6. The van der Waals surface area contributed by atoms with Crippen LogP contribution in [0.3, 0.4) is 0 Å². The molecule has 7 heteroatoms. The van der Waals surface area contributed by atoms with Gasteiger partial charge in [0.05, 0.1) is 0 Å². The van der Waals surface area contributed by atoms with Gasteiger partial charge in [0, 0.05) is 6.42 Å². The first-order valence-corrected chi connectivity index (χ1v) is 13.4. The average molecular weight is 556 g/mol. The number of halogens is 1. The maximum absolute atomic E-state index is 13.8. The van der Waals surface area contributed by atoms with Crippen molar-refractivity contribution >= 4 is 29.4 Å². The zero-order chi connectivity index (χ0) is 28.2. The van der Waals surface area contributed by atoms with E-state index in [0.29, 0.717) is 11.1 Å². The Bertz CT molecular complexity index is 1340. The third-order valence-electron chi connectivity index (χ3n) is 6.35. The lowest BCUT2D eigenvalue weighted by Gasteiger charge is -2.29. The molecule has 0 heterocycles. The van der Waals surface area contributed by atoms with Crippen LogP contribution in [-0.2, 0) is 41.9 Å². The molecule has 0 radical (unpaired) electrons. The molecule has 204 valence electrons. The summed E-state index contributed by atoms with van der Waals surface area (Å²) >= 11 is 7.09. The van der Waals surface area contributed by atoms with Gasteiger partial charge in [0.1, 0.15) is 19.3 Å². The van der Waals surface area contributed by atoms with Gasteiger partial charge in [-0.2, -0.15) is 0 Å². The van der Waals surface area contributed by atoms with Crippen molar-refractivity contribution in [3.8, 4) is 0 Å². The molecule has 0 aliphatic rings. The zero-order valence-electron chi connectivity index (χ0n) is 21.9. The maximum Gasteiger partial charge on any atom is 0.328 e. The quantitative estimate of drug-likeness (QED) is 0.173. The van der Waals surface area contributed by atoms with E-state index in [0.717, 1.165) is 11.1 Å². The van der Waals surface area contributed by atoms with Crippen molar-refractivity contribution in [1.82, 2.24) is 5.32 Å². The van der Waals surface area contributed by atoms with Crippen LogP contribution in [0.15, 0.2) is 121 Å². The fraction of sp³-hybridized carbons (Fsp3) is 0.182. The van der Waals surface area contributed by atoms with Crippen molar-refractivity contribution < 1.29 is 23.9 Å². The second-order valence-electron chi connectivity index (χ2n) is 9.19. The van der Waals surface area contributed by atoms with Crippen molar-refractivity contribution in [1.29, 1.82) is 0 Å². The van der Waals surface area contributed by atoms with Crippen LogP contribution in [0.1, 0.15) is 35.1 Å². The number of ether oxygens (including phenoxy) is 2. The molecule has 4 aromatic carbocycles. The van der Waals surface area contributed by atoms with E-state index in [1.807, 2.05) is 72.8 Å². The lowest BCUT2D eigenvalue weighted by Crippen LogP contribution is -2.49. The van der Waals surface area contributed by atoms with Crippen LogP contribution in [0.5, 0.6) is 0 Å². The molecular weight excluding hydrogens is 526 g/mol. The minimum atomic E-state index is -1.62. The number of amides is 1. The fourth-order valence-corrected chi connectivity index (χ4v) is 4.48. The van der Waals surface area contributed by atoms with Gasteiger partial charge in [-0.25, -0.2) is 4.79 Å². The third kappa shape index (κ3) is 7.58. The van der Waals surface area contributed by atoms with E-state index < -0.39 is 28.8 Å². The standard InChI is InChI=1S/C33H30ClNO5/c34-33(27-17-9-3-10-18-27,28-19-11-4-12-20-28)32(38)35-29(31(37)40-24-26-15-7-2-8-16-26)21-22-30(36)39-23-25-13-5-1-6-14-25/h1-20,29H,21-24H2,(H,35,38)/t29-/m1/s1. The summed E-state index contributed by atoms with van der Waals surface area (Å²) < 4.78 is 10.9. The Hall–Kier alpha value is -4.42. The van der Waals surface area contributed by atoms with E-state index in [2.05, 4.69) is 5.32 Å². The summed E-state index contributed by atoms with van der Waals surface area (Å²) in [5.74, 6) is -1.78. The number of hydrogen-bond donors (Lipinski definition) is 1. The highest BCUT2D eigenvalue weighted by Crippen LogP contribution is 2.37. The molecule has 1 N–H and O–H groups in total. The highest BCUT2D eigenvalue weighted by atomic mass is 35.5. The number of esters is 2. The summed E-state index contributed by atoms with van der Waals surface area (Å²) in [7, 11) is 0. The Kier molecular flexibility index (Phi) is 10.1. The minimum Gasteiger partial charge on any atom is -0.461 e. The SMILES string of the molecule is O=C(CC[C@@H](NC(=O)C(Cl)(c1ccccc1)c1ccccc1)C(=O)OCc1ccccc1)OCc1ccccc1. The van der Waals surface area contributed by atoms with Gasteiger partial charge in [0.2, 0.25) is 0 Å². The number of benzene rings is 4. The predicted molar refractivity (Wildman–Crippen MR) is 153 cm³/mol. The summed E-state index contributed by atoms with van der Waals surface area (Å²) in [4.78, 5) is 38.0. The predicted octanol–water partition coefficient (Wildman–Crippen LogP) is 5.92. The molecule has 1 amide bonds. The van der Waals surface area contributed by atoms with Gasteiger partial charge >= 0.3 is 11.9 Å². The molecule has 0 aliphatic carbocycles. The smallest absolute Gasteiger partial charge is 0.328 e. The molecule has 0 fully saturated rings. The van der Waals surface area contributed by atoms with E-state index in [-0.39, 0.29) is 26.1 Å². The van der Waals surface area contributed by atoms with Crippen molar-refractivity contribution in [2.24, 2.45) is 0 Å². The summed E-state index contributed by atoms with van der Waals surface area (Å²) in [6.45, 7) is 0.135. The normalized spacial score (nSPS) is 11.7. The van der Waals surface area contributed by atoms with Crippen molar-refractivity contribution in [3.63, 3.8) is 0 Å². The summed E-state index contributed by atoms with van der Waals surface area (Å²) in [6.07, 6.45) is -0.131. The van der Waals surface area contributed by atoms with Crippen molar-refractivity contribution in [3.05, 3.63) is 144 Å². The molecule has 0 aliphatic heterocycles. The Balaban J connectivity index is 1.51. The average Bonchev–Trinajstić information content (AvgIpc) is 3.02. The molecule has 0 saturated heterocycles. The Morgan fingerprint density at radius 2 is 1.07 bits per heavy atom. The molecular formula is C33H30ClNO5. The molecule has 0 aromatic heterocycles. The maximum atomic E-state index is 13.8. The van der Waals surface area contributed by atoms with Crippen LogP contribution in [0.4, 0.5) is 0 Å². The van der Waals surface area contributed by atoms with E-state index >= 15 is 0 Å². The lowest BCUT2D eigenvalue weighted by molar-refractivity contribution is -0.150. The molecule has 0 unspecified atom stereocenters. The lowest BCUT2D eigenvalue weighted by atomic mass is 9.89. The molecule has 4 rings (SSSR count). The Morgan fingerprint density at radius 3 is 1.55 bits per heavy atom. The van der Waals surface area contributed by atoms with Gasteiger partial charge in [0.15, 0.2) is 4.87 Å². The van der Waals surface area contributed by atoms with Crippen LogP contribution in [0, 0.1) is 0 Å². The molecule has 1 atom stereocenters. The first kappa shape index (κ1) is 28.6. The fourth-order valence-electron chi connectivity index (χ4n) is 4.17. The van der Waals surface area contributed by atoms with Crippen LogP contribution in [-0.4, -0.2) is 23.9 Å². The number of carbonyl (C=O) groups is 3. The summed E-state index contributed by atoms with van der Waals surface area (Å²) in [6, 6.07) is 35.2. The van der Waals surface area contributed by atoms with Crippen molar-refractivity contribution in [2.45, 2.75) is 37.0 Å². The number of nitrogens with one attached hydrogen (secondary N) is 1. The van der Waals surface area contributed by atoms with E-state index in [4.69, 9.17) is 21.1 Å². The van der Waals surface area contributed by atoms with E-state index in [9.17, 15) is 14.4 Å². The number of rotatable bonds is 12. The monoisotopic (exact) mass is 555 g/mol. The molecule has 4 aromatic rings. The highest BCUT2D eigenvalue weighted by Gasteiger charge is 2.42. The summed E-state index contributed by atoms with van der Waals surface area (Å²) in [5, 5.41) is 2.77. The third-order valence-corrected chi connectivity index (χ3v) is 6.96. The summed E-state index contributed by atoms with van der Waals surface area (Å²) in [5.41, 5.74) is 2.72. The number of alkyl halides is 1. The van der Waals surface area contributed by atoms with E-state index in [1.54, 1.807) is 48.5 Å². The molecule has 0 spiro atoms. The molecule has 40 heavy (non-hydrogen) atoms. The topological polar surface area (TPSA) is 81.7 Å². The van der Waals surface area contributed by atoms with Crippen molar-refractivity contribution in [2.75, 3.05) is 0 Å². The molecule has 6 nitrogen and oxygen atoms in total. The first-order valence-electron chi connectivity index (χ1n) is 13.0. The van der Waals surface area contributed by atoms with Crippen LogP contribution in [0.25, 0.3) is 0 Å². The Labute approximate surface area is 238 Å². The van der Waals surface area contributed by atoms with Crippen LogP contribution in [0.2, 0.25) is 0 Å². The minimum absolute atomic E-state index is 0.0217. The van der Waals surface area contributed by atoms with Crippen LogP contribution < -0.4 is 5.32 Å². The molecule has 0 saturated carbocycles. The number of carbonyl (C=O) groups excluding carboxylic acids is 3. The van der Waals surface area contributed by atoms with Gasteiger partial charge in [0.25, 0.3) is 5.91 Å². The van der Waals surface area contributed by atoms with Gasteiger partial charge < -0.3 is 14.8 Å². The first-order chi connectivity index (χ1) is 19.5. The Morgan fingerprint density at radius 1 is 0.650 bits per heavy atom. The van der Waals surface area contributed by atoms with Gasteiger partial charge in [-0.3, -0.25) is 9.59 Å². The second kappa shape index (κ2) is 14.1. The highest BCUT2D eigenvalue weighted by molar-refractivity contribution is 6.37.